The Balaban J connectivity index is 2.08. The van der Waals surface area contributed by atoms with E-state index in [1.807, 2.05) is 19.2 Å². The summed E-state index contributed by atoms with van der Waals surface area (Å²) in [4.78, 5) is 8.52. The maximum atomic E-state index is 9.40. The highest BCUT2D eigenvalue weighted by Crippen LogP contribution is 2.31. The van der Waals surface area contributed by atoms with Gasteiger partial charge in [-0.25, -0.2) is 9.97 Å². The zero-order valence-electron chi connectivity index (χ0n) is 8.48. The van der Waals surface area contributed by atoms with Gasteiger partial charge in [-0.2, -0.15) is 0 Å². The van der Waals surface area contributed by atoms with Crippen LogP contribution in [0.2, 0.25) is 0 Å². The van der Waals surface area contributed by atoms with Crippen LogP contribution >= 0.6 is 0 Å². The lowest BCUT2D eigenvalue weighted by Gasteiger charge is -2.24. The number of nitrogens with zero attached hydrogens (tertiary/aromatic N) is 2. The largest absolute Gasteiger partial charge is 0.393 e. The topological polar surface area (TPSA) is 46.0 Å². The van der Waals surface area contributed by atoms with Crippen LogP contribution in [0.1, 0.15) is 43.1 Å². The van der Waals surface area contributed by atoms with Crippen LogP contribution in [0.3, 0.4) is 0 Å². The first kappa shape index (κ1) is 9.59. The van der Waals surface area contributed by atoms with Gasteiger partial charge >= 0.3 is 0 Å². The second-order valence-corrected chi connectivity index (χ2v) is 4.03. The van der Waals surface area contributed by atoms with Crippen molar-refractivity contribution < 1.29 is 5.11 Å². The summed E-state index contributed by atoms with van der Waals surface area (Å²) < 4.78 is 0. The molecule has 1 N–H and O–H groups in total. The average Bonchev–Trinajstić information content (AvgIpc) is 2.19. The Morgan fingerprint density at radius 1 is 1.29 bits per heavy atom. The van der Waals surface area contributed by atoms with E-state index in [4.69, 9.17) is 0 Å². The van der Waals surface area contributed by atoms with E-state index < -0.39 is 0 Å². The Morgan fingerprint density at radius 3 is 2.64 bits per heavy atom. The molecule has 0 saturated heterocycles. The number of hydrogen-bond acceptors (Lipinski definition) is 3. The van der Waals surface area contributed by atoms with Crippen LogP contribution in [-0.4, -0.2) is 21.2 Å². The number of rotatable bonds is 1. The van der Waals surface area contributed by atoms with Gasteiger partial charge in [0.15, 0.2) is 0 Å². The van der Waals surface area contributed by atoms with Crippen LogP contribution in [0, 0.1) is 6.92 Å². The first-order valence-corrected chi connectivity index (χ1v) is 5.23. The van der Waals surface area contributed by atoms with Crippen LogP contribution in [-0.2, 0) is 0 Å². The molecule has 0 spiro atoms. The molecule has 0 radical (unpaired) electrons. The van der Waals surface area contributed by atoms with Crippen molar-refractivity contribution in [3.05, 3.63) is 23.8 Å². The summed E-state index contributed by atoms with van der Waals surface area (Å²) in [6.45, 7) is 1.92. The number of aryl methyl sites for hydroxylation is 1. The minimum atomic E-state index is -0.0887. The highest BCUT2D eigenvalue weighted by molar-refractivity contribution is 5.09. The Kier molecular flexibility index (Phi) is 2.77. The van der Waals surface area contributed by atoms with Crippen LogP contribution in [0.15, 0.2) is 12.3 Å². The molecule has 0 amide bonds. The predicted octanol–water partition coefficient (Wildman–Crippen LogP) is 1.80. The summed E-state index contributed by atoms with van der Waals surface area (Å²) in [6.07, 6.45) is 5.66. The number of aliphatic hydroxyl groups excluding tert-OH is 1. The fourth-order valence-corrected chi connectivity index (χ4v) is 2.07. The molecule has 3 nitrogen and oxygen atoms in total. The quantitative estimate of drug-likeness (QED) is 0.738. The van der Waals surface area contributed by atoms with Crippen molar-refractivity contribution in [2.24, 2.45) is 0 Å². The summed E-state index contributed by atoms with van der Waals surface area (Å²) in [5.41, 5.74) is 1.14. The monoisotopic (exact) mass is 192 g/mol. The summed E-state index contributed by atoms with van der Waals surface area (Å²) in [6, 6.07) is 2.00. The second kappa shape index (κ2) is 4.05. The van der Waals surface area contributed by atoms with E-state index in [0.29, 0.717) is 5.92 Å². The normalized spacial score (nSPS) is 27.6. The molecule has 0 unspecified atom stereocenters. The molecule has 2 rings (SSSR count). The molecule has 0 aliphatic heterocycles. The highest BCUT2D eigenvalue weighted by atomic mass is 16.3. The molecule has 76 valence electrons. The molecule has 1 aliphatic carbocycles. The van der Waals surface area contributed by atoms with Gasteiger partial charge in [0.25, 0.3) is 0 Å². The van der Waals surface area contributed by atoms with Crippen LogP contribution < -0.4 is 0 Å². The minimum absolute atomic E-state index is 0.0887. The Bertz CT molecular complexity index is 306. The van der Waals surface area contributed by atoms with Crippen LogP contribution in [0.4, 0.5) is 0 Å². The molecule has 1 aromatic heterocycles. The van der Waals surface area contributed by atoms with Gasteiger partial charge < -0.3 is 5.11 Å². The fourth-order valence-electron chi connectivity index (χ4n) is 2.07. The lowest BCUT2D eigenvalue weighted by molar-refractivity contribution is 0.122. The molecule has 1 aromatic rings. The van der Waals surface area contributed by atoms with Crippen molar-refractivity contribution in [2.75, 3.05) is 0 Å². The SMILES string of the molecule is Cc1nccc([C@H]2CC[C@@H](O)CC2)n1. The van der Waals surface area contributed by atoms with Crippen molar-refractivity contribution in [1.29, 1.82) is 0 Å². The molecule has 0 aromatic carbocycles. The summed E-state index contributed by atoms with van der Waals surface area (Å²) in [7, 11) is 0. The molecule has 1 saturated carbocycles. The first-order chi connectivity index (χ1) is 6.75. The Morgan fingerprint density at radius 2 is 2.00 bits per heavy atom. The lowest BCUT2D eigenvalue weighted by atomic mass is 9.85. The van der Waals surface area contributed by atoms with Crippen LogP contribution in [0.5, 0.6) is 0 Å². The van der Waals surface area contributed by atoms with Crippen molar-refractivity contribution in [1.82, 2.24) is 9.97 Å². The van der Waals surface area contributed by atoms with Gasteiger partial charge in [0.1, 0.15) is 5.82 Å². The van der Waals surface area contributed by atoms with Crippen molar-refractivity contribution in [3.63, 3.8) is 0 Å². The van der Waals surface area contributed by atoms with E-state index in [2.05, 4.69) is 9.97 Å². The number of aromatic nitrogens is 2. The van der Waals surface area contributed by atoms with Gasteiger partial charge in [0.05, 0.1) is 6.10 Å². The molecular weight excluding hydrogens is 176 g/mol. The maximum Gasteiger partial charge on any atom is 0.125 e. The van der Waals surface area contributed by atoms with E-state index in [1.165, 1.54) is 0 Å². The number of hydrogen-bond donors (Lipinski definition) is 1. The molecule has 14 heavy (non-hydrogen) atoms. The predicted molar refractivity (Wildman–Crippen MR) is 54.0 cm³/mol. The molecule has 1 aliphatic rings. The lowest BCUT2D eigenvalue weighted by Crippen LogP contribution is -2.17. The Labute approximate surface area is 84.2 Å². The summed E-state index contributed by atoms with van der Waals surface area (Å²) >= 11 is 0. The standard InChI is InChI=1S/C11H16N2O/c1-8-12-7-6-11(13-8)9-2-4-10(14)5-3-9/h6-7,9-10,14H,2-5H2,1H3/t9-,10+. The molecule has 0 atom stereocenters. The van der Waals surface area contributed by atoms with E-state index in [0.717, 1.165) is 37.2 Å². The zero-order chi connectivity index (χ0) is 9.97. The summed E-state index contributed by atoms with van der Waals surface area (Å²) in [5, 5.41) is 9.40. The van der Waals surface area contributed by atoms with Gasteiger partial charge in [-0.3, -0.25) is 0 Å². The van der Waals surface area contributed by atoms with Crippen molar-refractivity contribution in [3.8, 4) is 0 Å². The number of aliphatic hydroxyl groups is 1. The van der Waals surface area contributed by atoms with E-state index in [9.17, 15) is 5.11 Å². The summed E-state index contributed by atoms with van der Waals surface area (Å²) in [5.74, 6) is 1.37. The van der Waals surface area contributed by atoms with Crippen LogP contribution in [0.25, 0.3) is 0 Å². The van der Waals surface area contributed by atoms with Crippen molar-refractivity contribution in [2.45, 2.75) is 44.6 Å². The third kappa shape index (κ3) is 2.10. The molecule has 3 heteroatoms. The maximum absolute atomic E-state index is 9.40. The molecule has 1 heterocycles. The third-order valence-corrected chi connectivity index (χ3v) is 2.91. The highest BCUT2D eigenvalue weighted by Gasteiger charge is 2.21. The third-order valence-electron chi connectivity index (χ3n) is 2.91. The molecule has 0 bridgehead atoms. The molecular formula is C11H16N2O. The van der Waals surface area contributed by atoms with Gasteiger partial charge in [0, 0.05) is 17.8 Å². The van der Waals surface area contributed by atoms with Gasteiger partial charge in [0.2, 0.25) is 0 Å². The zero-order valence-corrected chi connectivity index (χ0v) is 8.48. The minimum Gasteiger partial charge on any atom is -0.393 e. The van der Waals surface area contributed by atoms with Gasteiger partial charge in [-0.1, -0.05) is 0 Å². The first-order valence-electron chi connectivity index (χ1n) is 5.23. The molecule has 1 fully saturated rings. The fraction of sp³-hybridized carbons (Fsp3) is 0.636. The smallest absolute Gasteiger partial charge is 0.125 e. The van der Waals surface area contributed by atoms with Gasteiger partial charge in [-0.15, -0.1) is 0 Å². The van der Waals surface area contributed by atoms with E-state index >= 15 is 0 Å². The second-order valence-electron chi connectivity index (χ2n) is 4.03. The van der Waals surface area contributed by atoms with Gasteiger partial charge in [-0.05, 0) is 38.7 Å². The van der Waals surface area contributed by atoms with E-state index in [1.54, 1.807) is 0 Å². The van der Waals surface area contributed by atoms with Crippen molar-refractivity contribution >= 4 is 0 Å². The Hall–Kier alpha value is -0.960. The average molecular weight is 192 g/mol. The van der Waals surface area contributed by atoms with E-state index in [-0.39, 0.29) is 6.10 Å².